The van der Waals surface area contributed by atoms with E-state index in [0.717, 1.165) is 5.82 Å². The van der Waals surface area contributed by atoms with Crippen molar-refractivity contribution in [1.29, 1.82) is 0 Å². The summed E-state index contributed by atoms with van der Waals surface area (Å²) in [5, 5.41) is 3.52. The first kappa shape index (κ1) is 13.9. The molecular weight excluding hydrogens is 246 g/mol. The van der Waals surface area contributed by atoms with Crippen molar-refractivity contribution in [3.8, 4) is 0 Å². The third-order valence-electron chi connectivity index (χ3n) is 4.84. The highest BCUT2D eigenvalue weighted by Gasteiger charge is 2.26. The van der Waals surface area contributed by atoms with Crippen molar-refractivity contribution in [2.24, 2.45) is 0 Å². The monoisotopic (exact) mass is 273 g/mol. The molecule has 1 N–H and O–H groups in total. The summed E-state index contributed by atoms with van der Waals surface area (Å²) in [5.41, 5.74) is 1.39. The minimum Gasteiger partial charge on any atom is -0.367 e. The van der Waals surface area contributed by atoms with E-state index in [1.54, 1.807) is 0 Å². The number of nitrogens with one attached hydrogen (secondary N) is 1. The zero-order valence-electron chi connectivity index (χ0n) is 12.8. The largest absolute Gasteiger partial charge is 0.367 e. The molecule has 3 nitrogen and oxygen atoms in total. The van der Waals surface area contributed by atoms with Crippen molar-refractivity contribution in [2.45, 2.75) is 70.5 Å². The molecule has 1 aromatic heterocycles. The lowest BCUT2D eigenvalue weighted by molar-refractivity contribution is 0.112. The Morgan fingerprint density at radius 3 is 2.60 bits per heavy atom. The first-order valence-electron chi connectivity index (χ1n) is 8.22. The topological polar surface area (TPSA) is 28.2 Å². The molecule has 1 aliphatic carbocycles. The van der Waals surface area contributed by atoms with Gasteiger partial charge in [-0.25, -0.2) is 4.98 Å². The highest BCUT2D eigenvalue weighted by atomic mass is 15.2. The molecule has 2 heterocycles. The minimum absolute atomic E-state index is 0.564. The van der Waals surface area contributed by atoms with Gasteiger partial charge < -0.3 is 5.32 Å². The number of nitrogens with zero attached hydrogens (tertiary/aromatic N) is 2. The summed E-state index contributed by atoms with van der Waals surface area (Å²) in [6, 6.07) is 6.29. The van der Waals surface area contributed by atoms with Gasteiger partial charge in [-0.3, -0.25) is 4.90 Å². The number of hydrogen-bond acceptors (Lipinski definition) is 3. The van der Waals surface area contributed by atoms with E-state index in [1.165, 1.54) is 50.6 Å². The third kappa shape index (κ3) is 2.98. The maximum absolute atomic E-state index is 4.63. The molecule has 0 aromatic carbocycles. The first-order chi connectivity index (χ1) is 9.74. The molecule has 3 heteroatoms. The van der Waals surface area contributed by atoms with Crippen LogP contribution in [0.4, 0.5) is 5.82 Å². The Bertz CT molecular complexity index is 422. The second kappa shape index (κ2) is 6.13. The van der Waals surface area contributed by atoms with E-state index in [0.29, 0.717) is 18.1 Å². The second-order valence-corrected chi connectivity index (χ2v) is 6.59. The molecule has 1 saturated carbocycles. The van der Waals surface area contributed by atoms with Crippen LogP contribution in [0.1, 0.15) is 64.0 Å². The Balaban J connectivity index is 1.68. The lowest BCUT2D eigenvalue weighted by atomic mass is 9.93. The van der Waals surface area contributed by atoms with Gasteiger partial charge in [-0.05, 0) is 64.1 Å². The molecule has 1 atom stereocenters. The zero-order valence-corrected chi connectivity index (χ0v) is 12.8. The van der Waals surface area contributed by atoms with Crippen LogP contribution >= 0.6 is 0 Å². The molecule has 0 unspecified atom stereocenters. The van der Waals surface area contributed by atoms with E-state index >= 15 is 0 Å². The third-order valence-corrected chi connectivity index (χ3v) is 4.84. The van der Waals surface area contributed by atoms with Crippen LogP contribution in [-0.2, 0) is 0 Å². The molecule has 1 saturated heterocycles. The van der Waals surface area contributed by atoms with Gasteiger partial charge in [0.15, 0.2) is 0 Å². The van der Waals surface area contributed by atoms with Gasteiger partial charge in [0, 0.05) is 24.3 Å². The average Bonchev–Trinajstić information content (AvgIpc) is 2.43. The zero-order chi connectivity index (χ0) is 13.9. The van der Waals surface area contributed by atoms with Crippen molar-refractivity contribution in [3.05, 3.63) is 23.9 Å². The van der Waals surface area contributed by atoms with Crippen LogP contribution in [0.2, 0.25) is 0 Å². The summed E-state index contributed by atoms with van der Waals surface area (Å²) in [6.07, 6.45) is 10.0. The fourth-order valence-corrected chi connectivity index (χ4v) is 3.38. The predicted molar refractivity (Wildman–Crippen MR) is 83.9 cm³/mol. The Labute approximate surface area is 122 Å². The molecule has 3 rings (SSSR count). The minimum atomic E-state index is 0.564. The van der Waals surface area contributed by atoms with E-state index in [-0.39, 0.29) is 0 Å². The standard InChI is InChI=1S/C17H27N3/c1-13(2)20-11-4-3-8-16(20)14-9-10-17(18-12-14)19-15-6-5-7-15/h9-10,12-13,15-16H,3-8,11H2,1-2H3,(H,18,19)/t16-/m0/s1. The summed E-state index contributed by atoms with van der Waals surface area (Å²) >= 11 is 0. The van der Waals surface area contributed by atoms with Crippen LogP contribution in [0.25, 0.3) is 0 Å². The molecule has 20 heavy (non-hydrogen) atoms. The van der Waals surface area contributed by atoms with Gasteiger partial charge in [0.05, 0.1) is 0 Å². The molecule has 2 fully saturated rings. The highest BCUT2D eigenvalue weighted by molar-refractivity contribution is 5.38. The maximum atomic E-state index is 4.63. The number of rotatable bonds is 4. The summed E-state index contributed by atoms with van der Waals surface area (Å²) < 4.78 is 0. The molecule has 1 aliphatic heterocycles. The second-order valence-electron chi connectivity index (χ2n) is 6.59. The Hall–Kier alpha value is -1.09. The van der Waals surface area contributed by atoms with Gasteiger partial charge in [0.25, 0.3) is 0 Å². The van der Waals surface area contributed by atoms with Gasteiger partial charge in [-0.1, -0.05) is 12.5 Å². The normalized spacial score (nSPS) is 24.6. The molecule has 2 aliphatic rings. The Kier molecular flexibility index (Phi) is 4.25. The van der Waals surface area contributed by atoms with E-state index in [2.05, 4.69) is 47.4 Å². The van der Waals surface area contributed by atoms with Crippen molar-refractivity contribution in [2.75, 3.05) is 11.9 Å². The van der Waals surface area contributed by atoms with E-state index in [1.807, 2.05) is 0 Å². The average molecular weight is 273 g/mol. The van der Waals surface area contributed by atoms with Gasteiger partial charge in [-0.2, -0.15) is 0 Å². The fraction of sp³-hybridized carbons (Fsp3) is 0.706. The van der Waals surface area contributed by atoms with Crippen LogP contribution in [0.15, 0.2) is 18.3 Å². The predicted octanol–water partition coefficient (Wildman–Crippen LogP) is 3.98. The summed E-state index contributed by atoms with van der Waals surface area (Å²) in [4.78, 5) is 7.26. The smallest absolute Gasteiger partial charge is 0.126 e. The molecule has 0 amide bonds. The molecular formula is C17H27N3. The van der Waals surface area contributed by atoms with Gasteiger partial charge in [-0.15, -0.1) is 0 Å². The summed E-state index contributed by atoms with van der Waals surface area (Å²) in [7, 11) is 0. The van der Waals surface area contributed by atoms with Crippen LogP contribution in [0, 0.1) is 0 Å². The number of anilines is 1. The number of hydrogen-bond donors (Lipinski definition) is 1. The lowest BCUT2D eigenvalue weighted by Gasteiger charge is -2.38. The van der Waals surface area contributed by atoms with Gasteiger partial charge >= 0.3 is 0 Å². The van der Waals surface area contributed by atoms with Crippen molar-refractivity contribution in [3.63, 3.8) is 0 Å². The number of likely N-dealkylation sites (tertiary alicyclic amines) is 1. The van der Waals surface area contributed by atoms with Crippen LogP contribution in [0.3, 0.4) is 0 Å². The van der Waals surface area contributed by atoms with Crippen LogP contribution in [0.5, 0.6) is 0 Å². The highest BCUT2D eigenvalue weighted by Crippen LogP contribution is 2.32. The van der Waals surface area contributed by atoms with Crippen molar-refractivity contribution < 1.29 is 0 Å². The molecule has 1 aromatic rings. The molecule has 0 bridgehead atoms. The molecule has 0 spiro atoms. The van der Waals surface area contributed by atoms with E-state index < -0.39 is 0 Å². The van der Waals surface area contributed by atoms with Gasteiger partial charge in [0.2, 0.25) is 0 Å². The quantitative estimate of drug-likeness (QED) is 0.899. The van der Waals surface area contributed by atoms with Crippen molar-refractivity contribution >= 4 is 5.82 Å². The van der Waals surface area contributed by atoms with Crippen LogP contribution < -0.4 is 5.32 Å². The number of aromatic nitrogens is 1. The molecule has 0 radical (unpaired) electrons. The summed E-state index contributed by atoms with van der Waals surface area (Å²) in [6.45, 7) is 5.83. The van der Waals surface area contributed by atoms with Crippen LogP contribution in [-0.4, -0.2) is 28.5 Å². The summed E-state index contributed by atoms with van der Waals surface area (Å²) in [5.74, 6) is 1.05. The fourth-order valence-electron chi connectivity index (χ4n) is 3.38. The number of piperidine rings is 1. The first-order valence-corrected chi connectivity index (χ1v) is 8.22. The Morgan fingerprint density at radius 2 is 2.00 bits per heavy atom. The SMILES string of the molecule is CC(C)N1CCCC[C@H]1c1ccc(NC2CCC2)nc1. The van der Waals surface area contributed by atoms with E-state index in [9.17, 15) is 0 Å². The molecule has 110 valence electrons. The Morgan fingerprint density at radius 1 is 1.15 bits per heavy atom. The number of pyridine rings is 1. The maximum Gasteiger partial charge on any atom is 0.126 e. The lowest BCUT2D eigenvalue weighted by Crippen LogP contribution is -2.38. The van der Waals surface area contributed by atoms with Gasteiger partial charge in [0.1, 0.15) is 5.82 Å². The van der Waals surface area contributed by atoms with E-state index in [4.69, 9.17) is 0 Å². The van der Waals surface area contributed by atoms with Crippen molar-refractivity contribution in [1.82, 2.24) is 9.88 Å².